The molecular formula is C18H29IN4O. The molecule has 2 rings (SSSR count). The maximum Gasteiger partial charge on any atom is 0.191 e. The number of fused-ring (bicyclic) bond motifs is 1. The first-order valence-electron chi connectivity index (χ1n) is 8.10. The van der Waals surface area contributed by atoms with E-state index in [-0.39, 0.29) is 35.6 Å². The molecule has 0 aliphatic rings. The van der Waals surface area contributed by atoms with Gasteiger partial charge in [0.2, 0.25) is 0 Å². The van der Waals surface area contributed by atoms with Gasteiger partial charge in [0, 0.05) is 31.1 Å². The van der Waals surface area contributed by atoms with Crippen molar-refractivity contribution in [2.45, 2.75) is 39.3 Å². The molecule has 1 unspecified atom stereocenters. The SMILES string of the molecule is CN=C(NCCNC(C)(C)C)NC(C)c1cc2ccccc2o1.I. The Bertz CT molecular complexity index is 627. The zero-order valence-electron chi connectivity index (χ0n) is 15.1. The number of furan rings is 1. The Morgan fingerprint density at radius 2 is 1.92 bits per heavy atom. The summed E-state index contributed by atoms with van der Waals surface area (Å²) in [6.45, 7) is 10.2. The van der Waals surface area contributed by atoms with Crippen LogP contribution in [0.1, 0.15) is 39.5 Å². The van der Waals surface area contributed by atoms with Gasteiger partial charge >= 0.3 is 0 Å². The number of hydrogen-bond acceptors (Lipinski definition) is 3. The van der Waals surface area contributed by atoms with Crippen LogP contribution in [0.4, 0.5) is 0 Å². The molecule has 1 aromatic carbocycles. The van der Waals surface area contributed by atoms with Crippen molar-refractivity contribution in [3.63, 3.8) is 0 Å². The Labute approximate surface area is 161 Å². The fourth-order valence-corrected chi connectivity index (χ4v) is 2.31. The van der Waals surface area contributed by atoms with Gasteiger partial charge < -0.3 is 20.4 Å². The molecule has 5 nitrogen and oxygen atoms in total. The van der Waals surface area contributed by atoms with E-state index in [0.29, 0.717) is 0 Å². The second kappa shape index (κ2) is 9.27. The molecule has 1 atom stereocenters. The topological polar surface area (TPSA) is 61.6 Å². The molecule has 0 aliphatic carbocycles. The molecule has 134 valence electrons. The Morgan fingerprint density at radius 1 is 1.21 bits per heavy atom. The number of nitrogens with zero attached hydrogens (tertiary/aromatic N) is 1. The van der Waals surface area contributed by atoms with Crippen molar-refractivity contribution in [2.75, 3.05) is 20.1 Å². The highest BCUT2D eigenvalue weighted by atomic mass is 127. The maximum atomic E-state index is 5.89. The molecule has 24 heavy (non-hydrogen) atoms. The number of benzene rings is 1. The van der Waals surface area contributed by atoms with Gasteiger partial charge in [-0.15, -0.1) is 24.0 Å². The van der Waals surface area contributed by atoms with Crippen LogP contribution in [-0.2, 0) is 0 Å². The average Bonchev–Trinajstić information content (AvgIpc) is 2.93. The van der Waals surface area contributed by atoms with Gasteiger partial charge in [0.25, 0.3) is 0 Å². The Morgan fingerprint density at radius 3 is 2.54 bits per heavy atom. The van der Waals surface area contributed by atoms with Crippen LogP contribution in [-0.4, -0.2) is 31.6 Å². The first-order chi connectivity index (χ1) is 10.9. The summed E-state index contributed by atoms with van der Waals surface area (Å²) in [5.74, 6) is 1.68. The second-order valence-corrected chi connectivity index (χ2v) is 6.73. The molecule has 0 saturated carbocycles. The number of rotatable bonds is 5. The summed E-state index contributed by atoms with van der Waals surface area (Å²) in [5.41, 5.74) is 1.04. The van der Waals surface area contributed by atoms with E-state index in [0.717, 1.165) is 35.8 Å². The molecule has 0 radical (unpaired) electrons. The summed E-state index contributed by atoms with van der Waals surface area (Å²) >= 11 is 0. The van der Waals surface area contributed by atoms with Gasteiger partial charge in [0.1, 0.15) is 11.3 Å². The van der Waals surface area contributed by atoms with Gasteiger partial charge in [-0.2, -0.15) is 0 Å². The van der Waals surface area contributed by atoms with E-state index >= 15 is 0 Å². The minimum Gasteiger partial charge on any atom is -0.459 e. The first kappa shape index (κ1) is 20.8. The van der Waals surface area contributed by atoms with Gasteiger partial charge in [-0.1, -0.05) is 18.2 Å². The van der Waals surface area contributed by atoms with Crippen LogP contribution in [0.25, 0.3) is 11.0 Å². The largest absolute Gasteiger partial charge is 0.459 e. The van der Waals surface area contributed by atoms with E-state index < -0.39 is 0 Å². The average molecular weight is 444 g/mol. The molecule has 3 N–H and O–H groups in total. The van der Waals surface area contributed by atoms with Crippen molar-refractivity contribution in [3.8, 4) is 0 Å². The van der Waals surface area contributed by atoms with Gasteiger partial charge in [0.05, 0.1) is 6.04 Å². The summed E-state index contributed by atoms with van der Waals surface area (Å²) < 4.78 is 5.89. The molecule has 2 aromatic rings. The fraction of sp³-hybridized carbons (Fsp3) is 0.500. The Balaban J connectivity index is 0.00000288. The number of halogens is 1. The van der Waals surface area contributed by atoms with Crippen LogP contribution in [0.15, 0.2) is 39.7 Å². The quantitative estimate of drug-likeness (QED) is 0.285. The molecule has 0 spiro atoms. The van der Waals surface area contributed by atoms with Crippen molar-refractivity contribution in [2.24, 2.45) is 4.99 Å². The van der Waals surface area contributed by atoms with Gasteiger partial charge in [0.15, 0.2) is 5.96 Å². The third-order valence-corrected chi connectivity index (χ3v) is 3.52. The summed E-state index contributed by atoms with van der Waals surface area (Å²) in [4.78, 5) is 4.27. The number of aliphatic imine (C=N–C) groups is 1. The zero-order chi connectivity index (χ0) is 16.9. The van der Waals surface area contributed by atoms with E-state index in [1.807, 2.05) is 18.2 Å². The molecule has 0 fully saturated rings. The molecule has 1 aromatic heterocycles. The van der Waals surface area contributed by atoms with Crippen molar-refractivity contribution in [3.05, 3.63) is 36.1 Å². The van der Waals surface area contributed by atoms with Crippen LogP contribution in [0.3, 0.4) is 0 Å². The second-order valence-electron chi connectivity index (χ2n) is 6.73. The third kappa shape index (κ3) is 6.32. The van der Waals surface area contributed by atoms with E-state index in [2.05, 4.69) is 60.8 Å². The van der Waals surface area contributed by atoms with E-state index in [1.165, 1.54) is 0 Å². The highest BCUT2D eigenvalue weighted by Gasteiger charge is 2.13. The molecule has 1 heterocycles. The van der Waals surface area contributed by atoms with Crippen molar-refractivity contribution >= 4 is 40.9 Å². The van der Waals surface area contributed by atoms with Gasteiger partial charge in [-0.25, -0.2) is 0 Å². The van der Waals surface area contributed by atoms with Gasteiger partial charge in [-0.3, -0.25) is 4.99 Å². The van der Waals surface area contributed by atoms with E-state index in [4.69, 9.17) is 4.42 Å². The third-order valence-electron chi connectivity index (χ3n) is 3.52. The summed E-state index contributed by atoms with van der Waals surface area (Å²) in [5, 5.41) is 11.2. The lowest BCUT2D eigenvalue weighted by Crippen LogP contribution is -2.44. The molecule has 0 amide bonds. The highest BCUT2D eigenvalue weighted by molar-refractivity contribution is 14.0. The number of hydrogen-bond donors (Lipinski definition) is 3. The van der Waals surface area contributed by atoms with Crippen molar-refractivity contribution < 1.29 is 4.42 Å². The Kier molecular flexibility index (Phi) is 8.02. The minimum absolute atomic E-state index is 0. The van der Waals surface area contributed by atoms with Crippen LogP contribution in [0.2, 0.25) is 0 Å². The lowest BCUT2D eigenvalue weighted by molar-refractivity contribution is 0.427. The van der Waals surface area contributed by atoms with Crippen molar-refractivity contribution in [1.29, 1.82) is 0 Å². The number of guanidine groups is 1. The van der Waals surface area contributed by atoms with Crippen LogP contribution in [0.5, 0.6) is 0 Å². The smallest absolute Gasteiger partial charge is 0.191 e. The monoisotopic (exact) mass is 444 g/mol. The summed E-state index contributed by atoms with van der Waals surface area (Å²) in [6.07, 6.45) is 0. The van der Waals surface area contributed by atoms with Gasteiger partial charge in [-0.05, 0) is 39.8 Å². The summed E-state index contributed by atoms with van der Waals surface area (Å²) in [6, 6.07) is 10.2. The minimum atomic E-state index is 0. The molecule has 0 bridgehead atoms. The maximum absolute atomic E-state index is 5.89. The first-order valence-corrected chi connectivity index (χ1v) is 8.10. The van der Waals surface area contributed by atoms with Crippen LogP contribution in [0, 0.1) is 0 Å². The molecular weight excluding hydrogens is 415 g/mol. The van der Waals surface area contributed by atoms with E-state index in [9.17, 15) is 0 Å². The van der Waals surface area contributed by atoms with Crippen LogP contribution >= 0.6 is 24.0 Å². The predicted molar refractivity (Wildman–Crippen MR) is 112 cm³/mol. The molecule has 6 heteroatoms. The number of nitrogens with one attached hydrogen (secondary N) is 3. The lowest BCUT2D eigenvalue weighted by atomic mass is 10.1. The fourth-order valence-electron chi connectivity index (χ4n) is 2.31. The standard InChI is InChI=1S/C18H28N4O.HI/c1-13(16-12-14-8-6-7-9-15(14)23-16)22-17(19-5)20-10-11-21-18(2,3)4;/h6-9,12-13,21H,10-11H2,1-5H3,(H2,19,20,22);1H. The molecule has 0 aliphatic heterocycles. The normalized spacial score (nSPS) is 13.5. The van der Waals surface area contributed by atoms with Crippen molar-refractivity contribution in [1.82, 2.24) is 16.0 Å². The predicted octanol–water partition coefficient (Wildman–Crippen LogP) is 3.66. The van der Waals surface area contributed by atoms with E-state index in [1.54, 1.807) is 7.05 Å². The molecule has 0 saturated heterocycles. The Hall–Kier alpha value is -1.28. The van der Waals surface area contributed by atoms with Crippen LogP contribution < -0.4 is 16.0 Å². The summed E-state index contributed by atoms with van der Waals surface area (Å²) in [7, 11) is 1.78. The highest BCUT2D eigenvalue weighted by Crippen LogP contribution is 2.23. The zero-order valence-corrected chi connectivity index (χ0v) is 17.5. The lowest BCUT2D eigenvalue weighted by Gasteiger charge is -2.21. The number of para-hydroxylation sites is 1.